The maximum atomic E-state index is 11.9. The number of carbonyl (C=O) groups excluding carboxylic acids is 1. The van der Waals surface area contributed by atoms with E-state index >= 15 is 0 Å². The van der Waals surface area contributed by atoms with Gasteiger partial charge in [-0.15, -0.1) is 0 Å². The summed E-state index contributed by atoms with van der Waals surface area (Å²) in [5, 5.41) is 3.50. The van der Waals surface area contributed by atoms with Gasteiger partial charge in [-0.05, 0) is 59.5 Å². The highest BCUT2D eigenvalue weighted by molar-refractivity contribution is 9.10. The van der Waals surface area contributed by atoms with E-state index in [9.17, 15) is 4.79 Å². The molecule has 1 amide bonds. The highest BCUT2D eigenvalue weighted by Crippen LogP contribution is 2.23. The average Bonchev–Trinajstić information content (AvgIpc) is 2.30. The Bertz CT molecular complexity index is 400. The zero-order valence-corrected chi connectivity index (χ0v) is 13.0. The van der Waals surface area contributed by atoms with Crippen molar-refractivity contribution in [3.8, 4) is 0 Å². The molecule has 0 spiro atoms. The van der Waals surface area contributed by atoms with Crippen molar-refractivity contribution in [3.63, 3.8) is 0 Å². The lowest BCUT2D eigenvalue weighted by atomic mass is 10.2. The summed E-state index contributed by atoms with van der Waals surface area (Å²) >= 11 is 11.0. The molecular weight excluding hydrogens is 322 g/mol. The molecular formula is C12H15BrClNOS. The normalized spacial score (nSPS) is 12.2. The van der Waals surface area contributed by atoms with E-state index in [2.05, 4.69) is 27.5 Å². The van der Waals surface area contributed by atoms with E-state index in [1.54, 1.807) is 30.0 Å². The summed E-state index contributed by atoms with van der Waals surface area (Å²) in [6.45, 7) is 2.01. The fraction of sp³-hybridized carbons (Fsp3) is 0.417. The minimum atomic E-state index is -0.0759. The molecule has 0 saturated carbocycles. The Labute approximate surface area is 120 Å². The van der Waals surface area contributed by atoms with Crippen molar-refractivity contribution >= 4 is 45.2 Å². The third kappa shape index (κ3) is 4.90. The fourth-order valence-electron chi connectivity index (χ4n) is 1.31. The first-order valence-corrected chi connectivity index (χ1v) is 7.86. The molecule has 0 aliphatic rings. The zero-order chi connectivity index (χ0) is 12.8. The molecule has 0 radical (unpaired) electrons. The van der Waals surface area contributed by atoms with E-state index in [0.717, 1.165) is 16.6 Å². The molecule has 0 aliphatic heterocycles. The van der Waals surface area contributed by atoms with Crippen LogP contribution in [0.5, 0.6) is 0 Å². The van der Waals surface area contributed by atoms with Gasteiger partial charge in [-0.1, -0.05) is 11.6 Å². The van der Waals surface area contributed by atoms with E-state index < -0.39 is 0 Å². The van der Waals surface area contributed by atoms with Gasteiger partial charge in [0.25, 0.3) is 5.91 Å². The Morgan fingerprint density at radius 2 is 2.29 bits per heavy atom. The number of rotatable bonds is 5. The van der Waals surface area contributed by atoms with Gasteiger partial charge < -0.3 is 5.32 Å². The lowest BCUT2D eigenvalue weighted by molar-refractivity contribution is 0.0939. The molecule has 1 unspecified atom stereocenters. The van der Waals surface area contributed by atoms with Crippen molar-refractivity contribution in [1.29, 1.82) is 0 Å². The van der Waals surface area contributed by atoms with E-state index in [0.29, 0.717) is 10.6 Å². The topological polar surface area (TPSA) is 29.1 Å². The van der Waals surface area contributed by atoms with Crippen LogP contribution in [0.1, 0.15) is 23.7 Å². The van der Waals surface area contributed by atoms with Crippen molar-refractivity contribution in [1.82, 2.24) is 5.32 Å². The molecule has 1 aromatic carbocycles. The second-order valence-electron chi connectivity index (χ2n) is 3.78. The number of nitrogens with one attached hydrogen (secondary N) is 1. The highest BCUT2D eigenvalue weighted by Gasteiger charge is 2.10. The van der Waals surface area contributed by atoms with Crippen molar-refractivity contribution < 1.29 is 4.79 Å². The third-order valence-electron chi connectivity index (χ3n) is 2.31. The summed E-state index contributed by atoms with van der Waals surface area (Å²) in [4.78, 5) is 11.9. The Morgan fingerprint density at radius 1 is 1.59 bits per heavy atom. The highest BCUT2D eigenvalue weighted by atomic mass is 79.9. The first-order chi connectivity index (χ1) is 8.04. The van der Waals surface area contributed by atoms with Gasteiger partial charge in [0.15, 0.2) is 0 Å². The van der Waals surface area contributed by atoms with Gasteiger partial charge in [-0.25, -0.2) is 0 Å². The van der Waals surface area contributed by atoms with Crippen LogP contribution in [-0.2, 0) is 0 Å². The third-order valence-corrected chi connectivity index (χ3v) is 4.19. The monoisotopic (exact) mass is 335 g/mol. The number of benzene rings is 1. The van der Waals surface area contributed by atoms with Gasteiger partial charge in [0.05, 0.1) is 5.02 Å². The molecule has 0 aliphatic carbocycles. The van der Waals surface area contributed by atoms with Gasteiger partial charge in [-0.3, -0.25) is 4.79 Å². The number of hydrogen-bond acceptors (Lipinski definition) is 2. The second-order valence-corrected chi connectivity index (χ2v) is 6.03. The summed E-state index contributed by atoms with van der Waals surface area (Å²) in [6, 6.07) is 5.39. The molecule has 0 saturated heterocycles. The fourth-order valence-corrected chi connectivity index (χ4v) is 2.33. The molecule has 5 heteroatoms. The molecule has 0 heterocycles. The zero-order valence-electron chi connectivity index (χ0n) is 9.80. The smallest absolute Gasteiger partial charge is 0.251 e. The van der Waals surface area contributed by atoms with Crippen LogP contribution in [0, 0.1) is 0 Å². The van der Waals surface area contributed by atoms with Crippen LogP contribution < -0.4 is 5.32 Å². The Morgan fingerprint density at radius 3 is 2.88 bits per heavy atom. The largest absolute Gasteiger partial charge is 0.350 e. The van der Waals surface area contributed by atoms with Crippen molar-refractivity contribution in [2.24, 2.45) is 0 Å². The van der Waals surface area contributed by atoms with Gasteiger partial charge >= 0.3 is 0 Å². The summed E-state index contributed by atoms with van der Waals surface area (Å²) in [6.07, 6.45) is 3.03. The standard InChI is InChI=1S/C12H15BrClNOS/c1-8(5-6-17-2)15-12(16)9-3-4-10(13)11(14)7-9/h3-4,7-8H,5-6H2,1-2H3,(H,15,16). The van der Waals surface area contributed by atoms with Crippen molar-refractivity contribution in [2.75, 3.05) is 12.0 Å². The average molecular weight is 337 g/mol. The van der Waals surface area contributed by atoms with Crippen LogP contribution in [0.3, 0.4) is 0 Å². The Balaban J connectivity index is 2.60. The molecule has 0 bridgehead atoms. The molecule has 2 nitrogen and oxygen atoms in total. The Hall–Kier alpha value is -0.190. The van der Waals surface area contributed by atoms with Gasteiger partial charge in [0, 0.05) is 16.1 Å². The van der Waals surface area contributed by atoms with Gasteiger partial charge in [0.2, 0.25) is 0 Å². The van der Waals surface area contributed by atoms with Crippen LogP contribution in [0.2, 0.25) is 5.02 Å². The van der Waals surface area contributed by atoms with Gasteiger partial charge in [-0.2, -0.15) is 11.8 Å². The minimum absolute atomic E-state index is 0.0759. The first-order valence-electron chi connectivity index (χ1n) is 5.29. The quantitative estimate of drug-likeness (QED) is 0.881. The van der Waals surface area contributed by atoms with E-state index in [4.69, 9.17) is 11.6 Å². The van der Waals surface area contributed by atoms with E-state index in [-0.39, 0.29) is 11.9 Å². The first kappa shape index (κ1) is 14.9. The number of carbonyl (C=O) groups is 1. The summed E-state index contributed by atoms with van der Waals surface area (Å²) < 4.78 is 0.797. The minimum Gasteiger partial charge on any atom is -0.350 e. The number of amides is 1. The molecule has 1 rings (SSSR count). The second kappa shape index (κ2) is 7.29. The summed E-state index contributed by atoms with van der Waals surface area (Å²) in [7, 11) is 0. The predicted octanol–water partition coefficient (Wildman–Crippen LogP) is 3.97. The van der Waals surface area contributed by atoms with Crippen LogP contribution in [-0.4, -0.2) is 24.0 Å². The lowest BCUT2D eigenvalue weighted by Crippen LogP contribution is -2.32. The number of thioether (sulfide) groups is 1. The SMILES string of the molecule is CSCCC(C)NC(=O)c1ccc(Br)c(Cl)c1. The summed E-state index contributed by atoms with van der Waals surface area (Å²) in [5.74, 6) is 0.968. The molecule has 17 heavy (non-hydrogen) atoms. The maximum absolute atomic E-state index is 11.9. The lowest BCUT2D eigenvalue weighted by Gasteiger charge is -2.13. The van der Waals surface area contributed by atoms with Crippen molar-refractivity contribution in [3.05, 3.63) is 33.3 Å². The molecule has 94 valence electrons. The van der Waals surface area contributed by atoms with E-state index in [1.807, 2.05) is 6.92 Å². The molecule has 0 fully saturated rings. The van der Waals surface area contributed by atoms with Crippen LogP contribution in [0.4, 0.5) is 0 Å². The molecule has 1 aromatic rings. The molecule has 1 atom stereocenters. The predicted molar refractivity (Wildman–Crippen MR) is 79.1 cm³/mol. The maximum Gasteiger partial charge on any atom is 0.251 e. The Kier molecular flexibility index (Phi) is 6.38. The molecule has 0 aromatic heterocycles. The number of hydrogen-bond donors (Lipinski definition) is 1. The van der Waals surface area contributed by atoms with Crippen molar-refractivity contribution in [2.45, 2.75) is 19.4 Å². The summed E-state index contributed by atoms with van der Waals surface area (Å²) in [5.41, 5.74) is 0.592. The molecule has 1 N–H and O–H groups in total. The van der Waals surface area contributed by atoms with Crippen LogP contribution in [0.25, 0.3) is 0 Å². The van der Waals surface area contributed by atoms with Crippen LogP contribution in [0.15, 0.2) is 22.7 Å². The van der Waals surface area contributed by atoms with Crippen LogP contribution >= 0.6 is 39.3 Å². The number of halogens is 2. The van der Waals surface area contributed by atoms with Gasteiger partial charge in [0.1, 0.15) is 0 Å². The van der Waals surface area contributed by atoms with E-state index in [1.165, 1.54) is 0 Å².